The van der Waals surface area contributed by atoms with Gasteiger partial charge in [0.15, 0.2) is 0 Å². The summed E-state index contributed by atoms with van der Waals surface area (Å²) in [5, 5.41) is 12.9. The lowest BCUT2D eigenvalue weighted by molar-refractivity contribution is -0.132. The SMILES string of the molecule is CC(=O)N(C)C(C)(C)c1cccc(Nc2cc(N3CC[C@@](C#N)(C4CC4)C3=O)ccn2)n1. The van der Waals surface area contributed by atoms with Crippen molar-refractivity contribution < 1.29 is 9.59 Å². The summed E-state index contributed by atoms with van der Waals surface area (Å²) in [5.74, 6) is 1.19. The normalized spacial score (nSPS) is 20.7. The lowest BCUT2D eigenvalue weighted by Crippen LogP contribution is -2.42. The second-order valence-electron chi connectivity index (χ2n) is 9.13. The minimum Gasteiger partial charge on any atom is -0.335 e. The molecule has 2 aliphatic rings. The van der Waals surface area contributed by atoms with Crippen molar-refractivity contribution in [3.8, 4) is 6.07 Å². The fourth-order valence-electron chi connectivity index (χ4n) is 4.33. The molecule has 2 fully saturated rings. The van der Waals surface area contributed by atoms with Crippen LogP contribution in [0.2, 0.25) is 0 Å². The Morgan fingerprint density at radius 3 is 2.72 bits per heavy atom. The average Bonchev–Trinajstić information content (AvgIpc) is 3.57. The first-order valence-corrected chi connectivity index (χ1v) is 10.9. The second-order valence-corrected chi connectivity index (χ2v) is 9.13. The van der Waals surface area contributed by atoms with Gasteiger partial charge in [-0.2, -0.15) is 5.26 Å². The van der Waals surface area contributed by atoms with E-state index in [2.05, 4.69) is 21.4 Å². The van der Waals surface area contributed by atoms with Gasteiger partial charge in [0, 0.05) is 38.5 Å². The van der Waals surface area contributed by atoms with Crippen LogP contribution in [0.4, 0.5) is 17.3 Å². The third-order valence-electron chi connectivity index (χ3n) is 6.83. The number of amides is 2. The summed E-state index contributed by atoms with van der Waals surface area (Å²) < 4.78 is 0. The molecule has 8 nitrogen and oxygen atoms in total. The van der Waals surface area contributed by atoms with Gasteiger partial charge < -0.3 is 15.1 Å². The number of hydrogen-bond donors (Lipinski definition) is 1. The van der Waals surface area contributed by atoms with Crippen LogP contribution in [-0.4, -0.2) is 40.3 Å². The Morgan fingerprint density at radius 1 is 1.31 bits per heavy atom. The van der Waals surface area contributed by atoms with E-state index in [1.165, 1.54) is 6.92 Å². The highest BCUT2D eigenvalue weighted by atomic mass is 16.2. The lowest BCUT2D eigenvalue weighted by atomic mass is 9.83. The molecule has 2 aromatic rings. The molecular weight excluding hydrogens is 404 g/mol. The predicted molar refractivity (Wildman–Crippen MR) is 121 cm³/mol. The van der Waals surface area contributed by atoms with Gasteiger partial charge >= 0.3 is 0 Å². The minimum atomic E-state index is -0.874. The number of nitrogens with one attached hydrogen (secondary N) is 1. The highest BCUT2D eigenvalue weighted by Gasteiger charge is 2.56. The van der Waals surface area contributed by atoms with Crippen LogP contribution in [0.15, 0.2) is 36.5 Å². The molecule has 166 valence electrons. The Kier molecular flexibility index (Phi) is 5.37. The van der Waals surface area contributed by atoms with Gasteiger partial charge in [-0.15, -0.1) is 0 Å². The molecule has 2 aromatic heterocycles. The number of hydrogen-bond acceptors (Lipinski definition) is 6. The van der Waals surface area contributed by atoms with Gasteiger partial charge in [0.2, 0.25) is 11.8 Å². The highest BCUT2D eigenvalue weighted by molar-refractivity contribution is 6.02. The largest absolute Gasteiger partial charge is 0.335 e. The van der Waals surface area contributed by atoms with E-state index in [1.807, 2.05) is 32.0 Å². The summed E-state index contributed by atoms with van der Waals surface area (Å²) in [6.07, 6.45) is 4.12. The van der Waals surface area contributed by atoms with Gasteiger partial charge in [-0.1, -0.05) is 6.07 Å². The van der Waals surface area contributed by atoms with Gasteiger partial charge in [0.25, 0.3) is 0 Å². The molecule has 0 radical (unpaired) electrons. The van der Waals surface area contributed by atoms with Gasteiger partial charge in [-0.05, 0) is 57.2 Å². The molecule has 1 atom stereocenters. The number of aromatic nitrogens is 2. The van der Waals surface area contributed by atoms with Gasteiger partial charge in [-0.25, -0.2) is 9.97 Å². The monoisotopic (exact) mass is 432 g/mol. The Bertz CT molecular complexity index is 1100. The third-order valence-corrected chi connectivity index (χ3v) is 6.83. The van der Waals surface area contributed by atoms with Gasteiger partial charge in [-0.3, -0.25) is 9.59 Å². The lowest BCUT2D eigenvalue weighted by Gasteiger charge is -2.34. The summed E-state index contributed by atoms with van der Waals surface area (Å²) >= 11 is 0. The minimum absolute atomic E-state index is 0.0422. The molecule has 4 rings (SSSR count). The average molecular weight is 433 g/mol. The first kappa shape index (κ1) is 21.8. The van der Waals surface area contributed by atoms with Crippen LogP contribution in [0, 0.1) is 22.7 Å². The summed E-state index contributed by atoms with van der Waals surface area (Å²) in [5.41, 5.74) is 0.0121. The van der Waals surface area contributed by atoms with Crippen LogP contribution in [0.3, 0.4) is 0 Å². The van der Waals surface area contributed by atoms with E-state index >= 15 is 0 Å². The molecule has 1 saturated heterocycles. The van der Waals surface area contributed by atoms with Crippen LogP contribution in [0.1, 0.15) is 45.7 Å². The van der Waals surface area contributed by atoms with E-state index in [0.29, 0.717) is 24.6 Å². The smallest absolute Gasteiger partial charge is 0.247 e. The zero-order valence-corrected chi connectivity index (χ0v) is 18.9. The zero-order chi connectivity index (χ0) is 23.1. The predicted octanol–water partition coefficient (Wildman–Crippen LogP) is 3.59. The number of rotatable bonds is 6. The number of pyridine rings is 2. The molecular formula is C24H28N6O2. The second kappa shape index (κ2) is 7.90. The number of anilines is 3. The molecule has 0 bridgehead atoms. The zero-order valence-electron chi connectivity index (χ0n) is 18.9. The van der Waals surface area contributed by atoms with Crippen molar-refractivity contribution in [2.75, 3.05) is 23.8 Å². The van der Waals surface area contributed by atoms with Gasteiger partial charge in [0.1, 0.15) is 17.1 Å². The van der Waals surface area contributed by atoms with Gasteiger partial charge in [0.05, 0.1) is 17.3 Å². The molecule has 0 aromatic carbocycles. The fourth-order valence-corrected chi connectivity index (χ4v) is 4.33. The Balaban J connectivity index is 1.55. The van der Waals surface area contributed by atoms with Crippen molar-refractivity contribution in [2.24, 2.45) is 11.3 Å². The molecule has 32 heavy (non-hydrogen) atoms. The van der Waals surface area contributed by atoms with Crippen molar-refractivity contribution in [3.05, 3.63) is 42.2 Å². The molecule has 1 N–H and O–H groups in total. The van der Waals surface area contributed by atoms with E-state index in [-0.39, 0.29) is 17.7 Å². The number of carbonyl (C=O) groups is 2. The maximum atomic E-state index is 13.1. The third kappa shape index (κ3) is 3.68. The topological polar surface area (TPSA) is 102 Å². The maximum Gasteiger partial charge on any atom is 0.247 e. The standard InChI is InChI=1S/C24H28N6O2/c1-16(31)29(4)23(2,3)19-6-5-7-20(27-19)28-21-14-18(10-12-26-21)30-13-11-24(15-25,22(30)32)17-8-9-17/h5-7,10,12,14,17H,8-9,11,13H2,1-4H3,(H,26,27,28)/t24-/m1/s1. The maximum absolute atomic E-state index is 13.1. The van der Waals surface area contributed by atoms with Crippen LogP contribution < -0.4 is 10.2 Å². The molecule has 1 aliphatic heterocycles. The van der Waals surface area contributed by atoms with Crippen molar-refractivity contribution in [3.63, 3.8) is 0 Å². The van der Waals surface area contributed by atoms with Crippen LogP contribution in [0.5, 0.6) is 0 Å². The summed E-state index contributed by atoms with van der Waals surface area (Å²) in [4.78, 5) is 37.4. The van der Waals surface area contributed by atoms with Crippen LogP contribution in [-0.2, 0) is 15.1 Å². The molecule has 0 unspecified atom stereocenters. The quantitative estimate of drug-likeness (QED) is 0.748. The van der Waals surface area contributed by atoms with Crippen molar-refractivity contribution in [1.29, 1.82) is 5.26 Å². The van der Waals surface area contributed by atoms with Crippen molar-refractivity contribution in [1.82, 2.24) is 14.9 Å². The van der Waals surface area contributed by atoms with Crippen molar-refractivity contribution >= 4 is 29.1 Å². The Morgan fingerprint density at radius 2 is 2.06 bits per heavy atom. The van der Waals surface area contributed by atoms with Crippen molar-refractivity contribution in [2.45, 2.75) is 45.6 Å². The molecule has 2 amide bonds. The van der Waals surface area contributed by atoms with E-state index in [9.17, 15) is 14.9 Å². The first-order valence-electron chi connectivity index (χ1n) is 10.9. The van der Waals surface area contributed by atoms with E-state index in [1.54, 1.807) is 35.2 Å². The fraction of sp³-hybridized carbons (Fsp3) is 0.458. The van der Waals surface area contributed by atoms with Crippen LogP contribution in [0.25, 0.3) is 0 Å². The number of nitrogens with zero attached hydrogens (tertiary/aromatic N) is 5. The molecule has 8 heteroatoms. The first-order chi connectivity index (χ1) is 15.2. The summed E-state index contributed by atoms with van der Waals surface area (Å²) in [6, 6.07) is 11.5. The van der Waals surface area contributed by atoms with E-state index in [0.717, 1.165) is 24.2 Å². The molecule has 1 saturated carbocycles. The van der Waals surface area contributed by atoms with E-state index in [4.69, 9.17) is 0 Å². The van der Waals surface area contributed by atoms with Crippen LogP contribution >= 0.6 is 0 Å². The number of nitriles is 1. The molecule has 0 spiro atoms. The summed E-state index contributed by atoms with van der Waals surface area (Å²) in [6.45, 7) is 5.95. The number of carbonyl (C=O) groups excluding carboxylic acids is 2. The molecule has 1 aliphatic carbocycles. The Hall–Kier alpha value is -3.47. The Labute approximate surface area is 188 Å². The molecule has 3 heterocycles. The highest BCUT2D eigenvalue weighted by Crippen LogP contribution is 2.51. The summed E-state index contributed by atoms with van der Waals surface area (Å²) in [7, 11) is 1.76. The van der Waals surface area contributed by atoms with E-state index < -0.39 is 11.0 Å².